The van der Waals surface area contributed by atoms with E-state index in [1.807, 2.05) is 18.3 Å². The van der Waals surface area contributed by atoms with E-state index in [2.05, 4.69) is 16.3 Å². The molecule has 0 aliphatic carbocycles. The highest BCUT2D eigenvalue weighted by Gasteiger charge is 2.37. The first-order chi connectivity index (χ1) is 7.74. The van der Waals surface area contributed by atoms with Crippen molar-refractivity contribution in [3.05, 3.63) is 21.9 Å². The Morgan fingerprint density at radius 1 is 1.56 bits per heavy atom. The molecule has 3 rings (SSSR count). The van der Waals surface area contributed by atoms with E-state index in [0.29, 0.717) is 0 Å². The molecule has 1 saturated heterocycles. The van der Waals surface area contributed by atoms with E-state index in [9.17, 15) is 4.79 Å². The second kappa shape index (κ2) is 3.86. The zero-order valence-electron chi connectivity index (χ0n) is 9.31. The molecule has 86 valence electrons. The number of esters is 1. The van der Waals surface area contributed by atoms with Crippen LogP contribution >= 0.6 is 11.3 Å². The molecule has 3 nitrogen and oxygen atoms in total. The first-order valence-corrected chi connectivity index (χ1v) is 6.62. The van der Waals surface area contributed by atoms with Crippen molar-refractivity contribution >= 4 is 17.3 Å². The highest BCUT2D eigenvalue weighted by molar-refractivity contribution is 7.10. The molecule has 2 unspecified atom stereocenters. The minimum absolute atomic E-state index is 0.0111. The van der Waals surface area contributed by atoms with Crippen LogP contribution < -0.4 is 0 Å². The highest BCUT2D eigenvalue weighted by Crippen LogP contribution is 2.28. The number of thiophene rings is 1. The van der Waals surface area contributed by atoms with Gasteiger partial charge in [0.05, 0.1) is 0 Å². The third-order valence-electron chi connectivity index (χ3n) is 3.42. The van der Waals surface area contributed by atoms with Crippen LogP contribution in [-0.4, -0.2) is 29.6 Å². The highest BCUT2D eigenvalue weighted by atomic mass is 32.1. The van der Waals surface area contributed by atoms with Crippen molar-refractivity contribution in [2.45, 2.75) is 38.5 Å². The van der Waals surface area contributed by atoms with Crippen molar-refractivity contribution in [3.8, 4) is 0 Å². The third-order valence-corrected chi connectivity index (χ3v) is 4.45. The van der Waals surface area contributed by atoms with Crippen LogP contribution in [0, 0.1) is 0 Å². The second-order valence-electron chi connectivity index (χ2n) is 4.59. The lowest BCUT2D eigenvalue weighted by atomic mass is 10.1. The Balaban J connectivity index is 1.76. The minimum Gasteiger partial charge on any atom is -0.461 e. The summed E-state index contributed by atoms with van der Waals surface area (Å²) < 4.78 is 5.22. The van der Waals surface area contributed by atoms with Crippen molar-refractivity contribution in [1.29, 1.82) is 0 Å². The van der Waals surface area contributed by atoms with Crippen molar-refractivity contribution < 1.29 is 9.53 Å². The molecule has 1 aromatic heterocycles. The van der Waals surface area contributed by atoms with Gasteiger partial charge in [0, 0.05) is 24.4 Å². The number of carbonyl (C=O) groups is 1. The topological polar surface area (TPSA) is 29.5 Å². The second-order valence-corrected chi connectivity index (χ2v) is 5.59. The lowest BCUT2D eigenvalue weighted by Crippen LogP contribution is -2.41. The fraction of sp³-hybridized carbons (Fsp3) is 0.583. The molecule has 2 atom stereocenters. The number of carbonyl (C=O) groups excluding carboxylic acids is 1. The first kappa shape index (κ1) is 10.3. The van der Waals surface area contributed by atoms with Crippen LogP contribution in [0.2, 0.25) is 0 Å². The number of hydrogen-bond acceptors (Lipinski definition) is 4. The standard InChI is InChI=1S/C12H15NO2S/c1-8-6-10(12(14)15-8)13-4-2-11-9(7-13)3-5-16-11/h3,5,8,10H,2,4,6-7H2,1H3. The third kappa shape index (κ3) is 1.66. The van der Waals surface area contributed by atoms with Gasteiger partial charge < -0.3 is 4.74 Å². The molecule has 0 aromatic carbocycles. The van der Waals surface area contributed by atoms with Crippen LogP contribution in [0.3, 0.4) is 0 Å². The number of fused-ring (bicyclic) bond motifs is 1. The Hall–Kier alpha value is -0.870. The SMILES string of the molecule is CC1CC(N2CCc3sccc3C2)C(=O)O1. The Kier molecular flexibility index (Phi) is 2.48. The summed E-state index contributed by atoms with van der Waals surface area (Å²) in [5, 5.41) is 2.14. The maximum atomic E-state index is 11.7. The van der Waals surface area contributed by atoms with Crippen molar-refractivity contribution in [1.82, 2.24) is 4.90 Å². The molecule has 2 aliphatic rings. The van der Waals surface area contributed by atoms with Gasteiger partial charge in [0.25, 0.3) is 0 Å². The summed E-state index contributed by atoms with van der Waals surface area (Å²) in [4.78, 5) is 15.4. The molecular formula is C12H15NO2S. The van der Waals surface area contributed by atoms with Gasteiger partial charge in [0.2, 0.25) is 0 Å². The van der Waals surface area contributed by atoms with E-state index in [4.69, 9.17) is 4.74 Å². The zero-order chi connectivity index (χ0) is 11.1. The number of nitrogens with zero attached hydrogens (tertiary/aromatic N) is 1. The van der Waals surface area contributed by atoms with Crippen molar-refractivity contribution in [2.75, 3.05) is 6.54 Å². The quantitative estimate of drug-likeness (QED) is 0.698. The van der Waals surface area contributed by atoms with E-state index in [0.717, 1.165) is 25.9 Å². The lowest BCUT2D eigenvalue weighted by Gasteiger charge is -2.29. The Labute approximate surface area is 99.0 Å². The number of hydrogen-bond donors (Lipinski definition) is 0. The van der Waals surface area contributed by atoms with E-state index >= 15 is 0 Å². The van der Waals surface area contributed by atoms with Crippen LogP contribution in [0.5, 0.6) is 0 Å². The van der Waals surface area contributed by atoms with Crippen LogP contribution in [0.4, 0.5) is 0 Å². The summed E-state index contributed by atoms with van der Waals surface area (Å²) in [6.07, 6.45) is 2.00. The number of ether oxygens (including phenoxy) is 1. The van der Waals surface area contributed by atoms with E-state index in [-0.39, 0.29) is 18.1 Å². The molecule has 0 saturated carbocycles. The average Bonchev–Trinajstić information content (AvgIpc) is 2.83. The molecule has 0 radical (unpaired) electrons. The molecule has 1 aromatic rings. The molecule has 2 aliphatic heterocycles. The molecule has 0 N–H and O–H groups in total. The maximum absolute atomic E-state index is 11.7. The summed E-state index contributed by atoms with van der Waals surface area (Å²) in [7, 11) is 0. The Morgan fingerprint density at radius 2 is 2.44 bits per heavy atom. The number of cyclic esters (lactones) is 1. The normalized spacial score (nSPS) is 30.2. The molecule has 0 spiro atoms. The van der Waals surface area contributed by atoms with Gasteiger partial charge in [-0.25, -0.2) is 0 Å². The fourth-order valence-corrected chi connectivity index (χ4v) is 3.46. The molecular weight excluding hydrogens is 222 g/mol. The summed E-state index contributed by atoms with van der Waals surface area (Å²) in [5.41, 5.74) is 1.39. The summed E-state index contributed by atoms with van der Waals surface area (Å²) in [5.74, 6) is -0.0359. The van der Waals surface area contributed by atoms with Crippen LogP contribution in [-0.2, 0) is 22.5 Å². The van der Waals surface area contributed by atoms with Crippen molar-refractivity contribution in [2.24, 2.45) is 0 Å². The zero-order valence-corrected chi connectivity index (χ0v) is 10.1. The molecule has 0 bridgehead atoms. The fourth-order valence-electron chi connectivity index (χ4n) is 2.57. The molecule has 0 amide bonds. The monoisotopic (exact) mass is 237 g/mol. The smallest absolute Gasteiger partial charge is 0.323 e. The largest absolute Gasteiger partial charge is 0.461 e. The van der Waals surface area contributed by atoms with E-state index in [1.54, 1.807) is 0 Å². The first-order valence-electron chi connectivity index (χ1n) is 5.74. The molecule has 1 fully saturated rings. The lowest BCUT2D eigenvalue weighted by molar-refractivity contribution is -0.145. The average molecular weight is 237 g/mol. The van der Waals surface area contributed by atoms with Gasteiger partial charge in [-0.15, -0.1) is 11.3 Å². The summed E-state index contributed by atoms with van der Waals surface area (Å²) in [6.45, 7) is 3.86. The van der Waals surface area contributed by atoms with Gasteiger partial charge in [0.15, 0.2) is 0 Å². The number of rotatable bonds is 1. The maximum Gasteiger partial charge on any atom is 0.323 e. The van der Waals surface area contributed by atoms with Crippen molar-refractivity contribution in [3.63, 3.8) is 0 Å². The van der Waals surface area contributed by atoms with E-state index < -0.39 is 0 Å². The molecule has 4 heteroatoms. The van der Waals surface area contributed by atoms with Gasteiger partial charge in [-0.3, -0.25) is 9.69 Å². The Bertz CT molecular complexity index is 415. The minimum atomic E-state index is -0.0359. The summed E-state index contributed by atoms with van der Waals surface area (Å²) in [6, 6.07) is 2.17. The van der Waals surface area contributed by atoms with Gasteiger partial charge >= 0.3 is 5.97 Å². The van der Waals surface area contributed by atoms with Crippen LogP contribution in [0.15, 0.2) is 11.4 Å². The van der Waals surface area contributed by atoms with Gasteiger partial charge in [0.1, 0.15) is 12.1 Å². The van der Waals surface area contributed by atoms with E-state index in [1.165, 1.54) is 10.4 Å². The van der Waals surface area contributed by atoms with Gasteiger partial charge in [-0.05, 0) is 30.4 Å². The molecule has 3 heterocycles. The van der Waals surface area contributed by atoms with Crippen LogP contribution in [0.25, 0.3) is 0 Å². The van der Waals surface area contributed by atoms with Gasteiger partial charge in [-0.1, -0.05) is 0 Å². The van der Waals surface area contributed by atoms with Gasteiger partial charge in [-0.2, -0.15) is 0 Å². The summed E-state index contributed by atoms with van der Waals surface area (Å²) >= 11 is 1.83. The molecule has 16 heavy (non-hydrogen) atoms. The Morgan fingerprint density at radius 3 is 3.19 bits per heavy atom. The van der Waals surface area contributed by atoms with Crippen LogP contribution in [0.1, 0.15) is 23.8 Å². The predicted molar refractivity (Wildman–Crippen MR) is 62.4 cm³/mol. The predicted octanol–water partition coefficient (Wildman–Crippen LogP) is 1.81.